The van der Waals surface area contributed by atoms with Gasteiger partial charge in [-0.3, -0.25) is 4.79 Å². The second kappa shape index (κ2) is 4.76. The molecule has 1 amide bonds. The van der Waals surface area contributed by atoms with Gasteiger partial charge in [-0.2, -0.15) is 0 Å². The highest BCUT2D eigenvalue weighted by molar-refractivity contribution is 7.17. The molecule has 0 aromatic carbocycles. The van der Waals surface area contributed by atoms with E-state index < -0.39 is 0 Å². The van der Waals surface area contributed by atoms with Crippen LogP contribution in [0.3, 0.4) is 0 Å². The van der Waals surface area contributed by atoms with Gasteiger partial charge < -0.3 is 10.6 Å². The van der Waals surface area contributed by atoms with Crippen molar-refractivity contribution in [2.24, 2.45) is 0 Å². The van der Waals surface area contributed by atoms with Crippen LogP contribution in [0, 0.1) is 0 Å². The van der Waals surface area contributed by atoms with Crippen molar-refractivity contribution >= 4 is 22.4 Å². The first-order valence-electron chi connectivity index (χ1n) is 4.19. The third kappa shape index (κ3) is 2.85. The molecule has 5 heteroatoms. The monoisotopic (exact) mass is 211 g/mol. The van der Waals surface area contributed by atoms with Gasteiger partial charge in [-0.15, -0.1) is 0 Å². The third-order valence-electron chi connectivity index (χ3n) is 1.49. The number of nitrogens with zero attached hydrogens (tertiary/aromatic N) is 1. The van der Waals surface area contributed by atoms with E-state index in [1.807, 2.05) is 6.92 Å². The van der Waals surface area contributed by atoms with E-state index in [0.29, 0.717) is 11.4 Å². The molecular weight excluding hydrogens is 198 g/mol. The van der Waals surface area contributed by atoms with Crippen molar-refractivity contribution in [2.75, 3.05) is 18.9 Å². The number of anilines is 1. The van der Waals surface area contributed by atoms with E-state index in [1.165, 1.54) is 11.3 Å². The zero-order valence-electron chi connectivity index (χ0n) is 8.26. The molecule has 0 spiro atoms. The lowest BCUT2D eigenvalue weighted by Crippen LogP contribution is -2.23. The number of aromatic nitrogens is 1. The molecule has 0 aliphatic carbocycles. The standard InChI is InChI=1S/C9H13N3OS/c1-6(2)4-11-8(13)7-5-12-9(10-3)14-7/h5H,1,4H2,2-3H3,(H,10,12)(H,11,13). The molecule has 0 aliphatic rings. The zero-order chi connectivity index (χ0) is 10.6. The maximum atomic E-state index is 11.5. The molecule has 1 heterocycles. The minimum atomic E-state index is -0.105. The Morgan fingerprint density at radius 3 is 2.93 bits per heavy atom. The van der Waals surface area contributed by atoms with Crippen molar-refractivity contribution in [3.63, 3.8) is 0 Å². The molecule has 2 N–H and O–H groups in total. The molecule has 0 aliphatic heterocycles. The first-order chi connectivity index (χ1) is 6.63. The molecule has 1 aromatic heterocycles. The Labute approximate surface area is 87.1 Å². The summed E-state index contributed by atoms with van der Waals surface area (Å²) in [6.07, 6.45) is 1.56. The first kappa shape index (κ1) is 10.7. The fourth-order valence-electron chi connectivity index (χ4n) is 0.813. The summed E-state index contributed by atoms with van der Waals surface area (Å²) in [4.78, 5) is 16.1. The summed E-state index contributed by atoms with van der Waals surface area (Å²) in [5.74, 6) is -0.105. The molecule has 0 bridgehead atoms. The molecule has 4 nitrogen and oxygen atoms in total. The van der Waals surface area contributed by atoms with Gasteiger partial charge in [0, 0.05) is 13.6 Å². The fraction of sp³-hybridized carbons (Fsp3) is 0.333. The topological polar surface area (TPSA) is 54.0 Å². The number of carbonyl (C=O) groups is 1. The number of rotatable bonds is 4. The van der Waals surface area contributed by atoms with Gasteiger partial charge in [0.2, 0.25) is 0 Å². The van der Waals surface area contributed by atoms with Crippen molar-refractivity contribution < 1.29 is 4.79 Å². The Morgan fingerprint density at radius 1 is 1.71 bits per heavy atom. The number of thiazole rings is 1. The Bertz CT molecular complexity index is 346. The van der Waals surface area contributed by atoms with Crippen LogP contribution in [0.1, 0.15) is 16.6 Å². The summed E-state index contributed by atoms with van der Waals surface area (Å²) < 4.78 is 0. The summed E-state index contributed by atoms with van der Waals surface area (Å²) in [5, 5.41) is 6.36. The van der Waals surface area contributed by atoms with Crippen molar-refractivity contribution in [3.8, 4) is 0 Å². The second-order valence-corrected chi connectivity index (χ2v) is 3.95. The maximum absolute atomic E-state index is 11.5. The van der Waals surface area contributed by atoms with Crippen LogP contribution in [-0.2, 0) is 0 Å². The minimum Gasteiger partial charge on any atom is -0.365 e. The number of amides is 1. The second-order valence-electron chi connectivity index (χ2n) is 2.92. The largest absolute Gasteiger partial charge is 0.365 e. The summed E-state index contributed by atoms with van der Waals surface area (Å²) in [5.41, 5.74) is 0.928. The average molecular weight is 211 g/mol. The lowest BCUT2D eigenvalue weighted by Gasteiger charge is -2.00. The molecular formula is C9H13N3OS. The van der Waals surface area contributed by atoms with E-state index in [-0.39, 0.29) is 5.91 Å². The van der Waals surface area contributed by atoms with E-state index in [4.69, 9.17) is 0 Å². The summed E-state index contributed by atoms with van der Waals surface area (Å²) in [7, 11) is 1.77. The van der Waals surface area contributed by atoms with Crippen molar-refractivity contribution in [1.29, 1.82) is 0 Å². The Hall–Kier alpha value is -1.36. The van der Waals surface area contributed by atoms with Crippen LogP contribution in [0.4, 0.5) is 5.13 Å². The van der Waals surface area contributed by atoms with Crippen LogP contribution < -0.4 is 10.6 Å². The predicted molar refractivity (Wildman–Crippen MR) is 58.8 cm³/mol. The van der Waals surface area contributed by atoms with Crippen molar-refractivity contribution in [1.82, 2.24) is 10.3 Å². The lowest BCUT2D eigenvalue weighted by molar-refractivity contribution is 0.0961. The highest BCUT2D eigenvalue weighted by Gasteiger charge is 2.08. The van der Waals surface area contributed by atoms with Crippen LogP contribution >= 0.6 is 11.3 Å². The van der Waals surface area contributed by atoms with Crippen molar-refractivity contribution in [2.45, 2.75) is 6.92 Å². The molecule has 0 radical (unpaired) electrons. The maximum Gasteiger partial charge on any atom is 0.263 e. The fourth-order valence-corrected chi connectivity index (χ4v) is 1.50. The Morgan fingerprint density at radius 2 is 2.43 bits per heavy atom. The molecule has 1 aromatic rings. The van der Waals surface area contributed by atoms with E-state index in [1.54, 1.807) is 13.2 Å². The van der Waals surface area contributed by atoms with Crippen LogP contribution in [-0.4, -0.2) is 24.5 Å². The van der Waals surface area contributed by atoms with Gasteiger partial charge in [0.25, 0.3) is 5.91 Å². The Balaban J connectivity index is 2.56. The first-order valence-corrected chi connectivity index (χ1v) is 5.01. The number of hydrogen-bond donors (Lipinski definition) is 2. The van der Waals surface area contributed by atoms with Crippen LogP contribution in [0.2, 0.25) is 0 Å². The number of hydrogen-bond acceptors (Lipinski definition) is 4. The van der Waals surface area contributed by atoms with Gasteiger partial charge in [0.05, 0.1) is 6.20 Å². The van der Waals surface area contributed by atoms with Gasteiger partial charge in [-0.05, 0) is 6.92 Å². The average Bonchev–Trinajstić information content (AvgIpc) is 2.62. The summed E-state index contributed by atoms with van der Waals surface area (Å²) in [6, 6.07) is 0. The smallest absolute Gasteiger partial charge is 0.263 e. The molecule has 0 atom stereocenters. The normalized spacial score (nSPS) is 9.57. The zero-order valence-corrected chi connectivity index (χ0v) is 9.07. The molecule has 76 valence electrons. The minimum absolute atomic E-state index is 0.105. The van der Waals surface area contributed by atoms with Gasteiger partial charge in [0.1, 0.15) is 4.88 Å². The molecule has 0 saturated heterocycles. The summed E-state index contributed by atoms with van der Waals surface area (Å²) in [6.45, 7) is 6.08. The SMILES string of the molecule is C=C(C)CNC(=O)c1cnc(NC)s1. The molecule has 0 fully saturated rings. The number of carbonyl (C=O) groups excluding carboxylic acids is 1. The van der Waals surface area contributed by atoms with Crippen LogP contribution in [0.5, 0.6) is 0 Å². The van der Waals surface area contributed by atoms with E-state index in [0.717, 1.165) is 10.7 Å². The highest BCUT2D eigenvalue weighted by Crippen LogP contribution is 2.16. The predicted octanol–water partition coefficient (Wildman–Crippen LogP) is 1.49. The van der Waals surface area contributed by atoms with Crippen LogP contribution in [0.25, 0.3) is 0 Å². The van der Waals surface area contributed by atoms with Crippen molar-refractivity contribution in [3.05, 3.63) is 23.2 Å². The molecule has 14 heavy (non-hydrogen) atoms. The van der Waals surface area contributed by atoms with E-state index in [2.05, 4.69) is 22.2 Å². The quantitative estimate of drug-likeness (QED) is 0.742. The van der Waals surface area contributed by atoms with E-state index in [9.17, 15) is 4.79 Å². The molecule has 0 saturated carbocycles. The van der Waals surface area contributed by atoms with Gasteiger partial charge >= 0.3 is 0 Å². The van der Waals surface area contributed by atoms with Crippen LogP contribution in [0.15, 0.2) is 18.3 Å². The van der Waals surface area contributed by atoms with Gasteiger partial charge in [-0.1, -0.05) is 23.5 Å². The molecule has 0 unspecified atom stereocenters. The van der Waals surface area contributed by atoms with Gasteiger partial charge in [-0.25, -0.2) is 4.98 Å². The summed E-state index contributed by atoms with van der Waals surface area (Å²) >= 11 is 1.33. The Kier molecular flexibility index (Phi) is 3.64. The molecule has 1 rings (SSSR count). The third-order valence-corrected chi connectivity index (χ3v) is 2.51. The number of nitrogens with one attached hydrogen (secondary N) is 2. The highest BCUT2D eigenvalue weighted by atomic mass is 32.1. The lowest BCUT2D eigenvalue weighted by atomic mass is 10.3. The van der Waals surface area contributed by atoms with Gasteiger partial charge in [0.15, 0.2) is 5.13 Å². The van der Waals surface area contributed by atoms with E-state index >= 15 is 0 Å².